The number of furan rings is 1. The van der Waals surface area contributed by atoms with Crippen LogP contribution in [0.5, 0.6) is 0 Å². The Morgan fingerprint density at radius 1 is 1.44 bits per heavy atom. The molecule has 0 saturated carbocycles. The van der Waals surface area contributed by atoms with Crippen LogP contribution in [0.15, 0.2) is 27.8 Å². The standard InChI is InChI=1S/C13H24N4O/c1-10(2)16-13(14-3)15-9-11(17(4)5)12-7-6-8-18-12/h6-8,10-11H,9H2,1-5H3,(H2,14,15,16). The van der Waals surface area contributed by atoms with Gasteiger partial charge in [-0.25, -0.2) is 0 Å². The molecule has 5 nitrogen and oxygen atoms in total. The fourth-order valence-electron chi connectivity index (χ4n) is 1.68. The zero-order valence-corrected chi connectivity index (χ0v) is 11.9. The molecular weight excluding hydrogens is 228 g/mol. The average Bonchev–Trinajstić information content (AvgIpc) is 2.80. The monoisotopic (exact) mass is 252 g/mol. The van der Waals surface area contributed by atoms with Gasteiger partial charge in [-0.05, 0) is 40.1 Å². The van der Waals surface area contributed by atoms with Crippen LogP contribution in [0.25, 0.3) is 0 Å². The summed E-state index contributed by atoms with van der Waals surface area (Å²) in [4.78, 5) is 6.31. The second kappa shape index (κ2) is 7.06. The summed E-state index contributed by atoms with van der Waals surface area (Å²) < 4.78 is 5.46. The van der Waals surface area contributed by atoms with Crippen LogP contribution in [0.4, 0.5) is 0 Å². The molecule has 1 aromatic rings. The van der Waals surface area contributed by atoms with Crippen molar-refractivity contribution in [3.05, 3.63) is 24.2 Å². The highest BCUT2D eigenvalue weighted by Gasteiger charge is 2.17. The topological polar surface area (TPSA) is 52.8 Å². The van der Waals surface area contributed by atoms with Gasteiger partial charge in [0.2, 0.25) is 0 Å². The molecule has 5 heteroatoms. The molecule has 1 heterocycles. The van der Waals surface area contributed by atoms with Gasteiger partial charge in [0.15, 0.2) is 5.96 Å². The Morgan fingerprint density at radius 3 is 2.61 bits per heavy atom. The number of guanidine groups is 1. The van der Waals surface area contributed by atoms with E-state index < -0.39 is 0 Å². The van der Waals surface area contributed by atoms with Gasteiger partial charge in [0.05, 0.1) is 12.3 Å². The molecule has 0 spiro atoms. The number of nitrogens with one attached hydrogen (secondary N) is 2. The van der Waals surface area contributed by atoms with Crippen LogP contribution in [0.3, 0.4) is 0 Å². The minimum Gasteiger partial charge on any atom is -0.468 e. The number of nitrogens with zero attached hydrogens (tertiary/aromatic N) is 2. The number of rotatable bonds is 5. The summed E-state index contributed by atoms with van der Waals surface area (Å²) in [5.41, 5.74) is 0. The Morgan fingerprint density at radius 2 is 2.17 bits per heavy atom. The Kier molecular flexibility index (Phi) is 5.71. The highest BCUT2D eigenvalue weighted by Crippen LogP contribution is 2.17. The van der Waals surface area contributed by atoms with Gasteiger partial charge in [0.25, 0.3) is 0 Å². The molecule has 2 N–H and O–H groups in total. The van der Waals surface area contributed by atoms with Crippen molar-refractivity contribution >= 4 is 5.96 Å². The average molecular weight is 252 g/mol. The van der Waals surface area contributed by atoms with Crippen molar-refractivity contribution in [2.75, 3.05) is 27.7 Å². The summed E-state index contributed by atoms with van der Waals surface area (Å²) >= 11 is 0. The van der Waals surface area contributed by atoms with Gasteiger partial charge in [-0.1, -0.05) is 0 Å². The van der Waals surface area contributed by atoms with E-state index >= 15 is 0 Å². The molecule has 1 aromatic heterocycles. The second-order valence-corrected chi connectivity index (χ2v) is 4.75. The van der Waals surface area contributed by atoms with Crippen molar-refractivity contribution in [2.45, 2.75) is 25.9 Å². The smallest absolute Gasteiger partial charge is 0.191 e. The van der Waals surface area contributed by atoms with Crippen molar-refractivity contribution < 1.29 is 4.42 Å². The van der Waals surface area contributed by atoms with Crippen molar-refractivity contribution in [2.24, 2.45) is 4.99 Å². The molecule has 0 aliphatic rings. The fraction of sp³-hybridized carbons (Fsp3) is 0.615. The maximum absolute atomic E-state index is 5.46. The van der Waals surface area contributed by atoms with E-state index in [9.17, 15) is 0 Å². The first kappa shape index (κ1) is 14.6. The quantitative estimate of drug-likeness (QED) is 0.615. The molecule has 102 valence electrons. The molecule has 1 unspecified atom stereocenters. The highest BCUT2D eigenvalue weighted by atomic mass is 16.3. The van der Waals surface area contributed by atoms with Gasteiger partial charge in [0.1, 0.15) is 5.76 Å². The van der Waals surface area contributed by atoms with E-state index in [0.29, 0.717) is 6.04 Å². The Bertz CT molecular complexity index is 357. The van der Waals surface area contributed by atoms with Crippen LogP contribution in [-0.4, -0.2) is 44.6 Å². The molecule has 18 heavy (non-hydrogen) atoms. The van der Waals surface area contributed by atoms with Crippen LogP contribution < -0.4 is 10.6 Å². The highest BCUT2D eigenvalue weighted by molar-refractivity contribution is 5.79. The third kappa shape index (κ3) is 4.41. The summed E-state index contributed by atoms with van der Waals surface area (Å²) in [5, 5.41) is 6.57. The van der Waals surface area contributed by atoms with E-state index in [1.54, 1.807) is 13.3 Å². The lowest BCUT2D eigenvalue weighted by Crippen LogP contribution is -2.44. The van der Waals surface area contributed by atoms with Gasteiger partial charge < -0.3 is 15.1 Å². The van der Waals surface area contributed by atoms with Crippen LogP contribution in [0.2, 0.25) is 0 Å². The Balaban J connectivity index is 2.58. The Labute approximate surface area is 109 Å². The molecule has 0 fully saturated rings. The normalized spacial score (nSPS) is 14.1. The molecule has 0 aliphatic heterocycles. The molecule has 1 atom stereocenters. The van der Waals surface area contributed by atoms with E-state index in [4.69, 9.17) is 4.42 Å². The first-order valence-electron chi connectivity index (χ1n) is 6.21. The van der Waals surface area contributed by atoms with Crippen molar-refractivity contribution in [1.82, 2.24) is 15.5 Å². The van der Waals surface area contributed by atoms with Crippen molar-refractivity contribution in [1.29, 1.82) is 0 Å². The molecule has 0 radical (unpaired) electrons. The van der Waals surface area contributed by atoms with Gasteiger partial charge in [-0.3, -0.25) is 9.89 Å². The summed E-state index contributed by atoms with van der Waals surface area (Å²) in [5.74, 6) is 1.76. The maximum atomic E-state index is 5.46. The lowest BCUT2D eigenvalue weighted by molar-refractivity contribution is 0.258. The molecule has 0 amide bonds. The van der Waals surface area contributed by atoms with Gasteiger partial charge in [-0.2, -0.15) is 0 Å². The van der Waals surface area contributed by atoms with Crippen LogP contribution in [0.1, 0.15) is 25.6 Å². The maximum Gasteiger partial charge on any atom is 0.191 e. The molecule has 0 saturated heterocycles. The van der Waals surface area contributed by atoms with Gasteiger partial charge in [-0.15, -0.1) is 0 Å². The molecule has 0 aromatic carbocycles. The lowest BCUT2D eigenvalue weighted by atomic mass is 10.2. The minimum atomic E-state index is 0.186. The molecular formula is C13H24N4O. The number of likely N-dealkylation sites (N-methyl/N-ethyl adjacent to an activating group) is 1. The van der Waals surface area contributed by atoms with E-state index in [1.807, 2.05) is 26.2 Å². The fourth-order valence-corrected chi connectivity index (χ4v) is 1.68. The predicted molar refractivity (Wildman–Crippen MR) is 74.8 cm³/mol. The zero-order chi connectivity index (χ0) is 13.5. The zero-order valence-electron chi connectivity index (χ0n) is 11.9. The molecule has 1 rings (SSSR count). The van der Waals surface area contributed by atoms with E-state index in [2.05, 4.69) is 34.4 Å². The lowest BCUT2D eigenvalue weighted by Gasteiger charge is -2.24. The van der Waals surface area contributed by atoms with E-state index in [0.717, 1.165) is 18.3 Å². The summed E-state index contributed by atoms with van der Waals surface area (Å²) in [7, 11) is 5.84. The predicted octanol–water partition coefficient (Wildman–Crippen LogP) is 1.46. The van der Waals surface area contributed by atoms with Gasteiger partial charge >= 0.3 is 0 Å². The van der Waals surface area contributed by atoms with Crippen LogP contribution in [0, 0.1) is 0 Å². The number of aliphatic imine (C=N–C) groups is 1. The Hall–Kier alpha value is -1.49. The second-order valence-electron chi connectivity index (χ2n) is 4.75. The third-order valence-corrected chi connectivity index (χ3v) is 2.61. The number of hydrogen-bond donors (Lipinski definition) is 2. The number of hydrogen-bond acceptors (Lipinski definition) is 3. The van der Waals surface area contributed by atoms with Crippen molar-refractivity contribution in [3.8, 4) is 0 Å². The molecule has 0 aliphatic carbocycles. The van der Waals surface area contributed by atoms with Crippen LogP contribution >= 0.6 is 0 Å². The molecule has 0 bridgehead atoms. The minimum absolute atomic E-state index is 0.186. The largest absolute Gasteiger partial charge is 0.468 e. The van der Waals surface area contributed by atoms with Crippen molar-refractivity contribution in [3.63, 3.8) is 0 Å². The van der Waals surface area contributed by atoms with E-state index in [1.165, 1.54) is 0 Å². The summed E-state index contributed by atoms with van der Waals surface area (Å²) in [6.45, 7) is 4.92. The summed E-state index contributed by atoms with van der Waals surface area (Å²) in [6, 6.07) is 4.45. The van der Waals surface area contributed by atoms with Crippen LogP contribution in [-0.2, 0) is 0 Å². The van der Waals surface area contributed by atoms with Gasteiger partial charge in [0, 0.05) is 19.6 Å². The first-order chi connectivity index (χ1) is 8.54. The van der Waals surface area contributed by atoms with E-state index in [-0.39, 0.29) is 6.04 Å². The summed E-state index contributed by atoms with van der Waals surface area (Å²) in [6.07, 6.45) is 1.70. The third-order valence-electron chi connectivity index (χ3n) is 2.61. The SMILES string of the molecule is CN=C(NCC(c1ccco1)N(C)C)NC(C)C. The first-order valence-corrected chi connectivity index (χ1v) is 6.21.